The first-order valence-corrected chi connectivity index (χ1v) is 8.89. The zero-order valence-corrected chi connectivity index (χ0v) is 14.7. The fraction of sp³-hybridized carbons (Fsp3) is 0.714. The van der Waals surface area contributed by atoms with Crippen LogP contribution in [-0.2, 0) is 18.5 Å². The van der Waals surface area contributed by atoms with Gasteiger partial charge in [-0.2, -0.15) is 4.98 Å². The van der Waals surface area contributed by atoms with Crippen molar-refractivity contribution in [1.29, 1.82) is 0 Å². The van der Waals surface area contributed by atoms with Crippen LogP contribution in [0, 0.1) is 6.92 Å². The maximum atomic E-state index is 12.3. The Bertz CT molecular complexity index is 670. The average Bonchev–Trinajstić information content (AvgIpc) is 2.73. The van der Waals surface area contributed by atoms with Gasteiger partial charge in [0.05, 0.1) is 6.61 Å². The van der Waals surface area contributed by atoms with E-state index in [1.807, 2.05) is 6.92 Å². The Morgan fingerprint density at radius 1 is 1.62 bits per heavy atom. The van der Waals surface area contributed by atoms with Crippen LogP contribution in [0.1, 0.15) is 31.6 Å². The van der Waals surface area contributed by atoms with Gasteiger partial charge in [-0.3, -0.25) is 4.57 Å². The highest BCUT2D eigenvalue weighted by molar-refractivity contribution is 7.40. The SMILES string of the molecule is CCC12CCO[C@@H](C1OP(O)OC)[C@H](n1cc(C)c(N)nc1=O)O2. The lowest BCUT2D eigenvalue weighted by Gasteiger charge is -2.37. The third-order valence-electron chi connectivity index (χ3n) is 4.70. The number of rotatable bonds is 5. The first kappa shape index (κ1) is 17.7. The van der Waals surface area contributed by atoms with Crippen molar-refractivity contribution < 1.29 is 23.4 Å². The van der Waals surface area contributed by atoms with Gasteiger partial charge < -0.3 is 29.1 Å². The Morgan fingerprint density at radius 3 is 3.04 bits per heavy atom. The second kappa shape index (κ2) is 6.67. The quantitative estimate of drug-likeness (QED) is 0.743. The van der Waals surface area contributed by atoms with E-state index in [0.29, 0.717) is 25.0 Å². The zero-order valence-electron chi connectivity index (χ0n) is 13.8. The fourth-order valence-corrected chi connectivity index (χ4v) is 3.89. The number of aromatic nitrogens is 2. The normalized spacial score (nSPS) is 33.6. The van der Waals surface area contributed by atoms with E-state index in [4.69, 9.17) is 24.3 Å². The maximum Gasteiger partial charge on any atom is 0.351 e. The molecule has 134 valence electrons. The Morgan fingerprint density at radius 2 is 2.38 bits per heavy atom. The molecule has 3 rings (SSSR count). The second-order valence-corrected chi connectivity index (χ2v) is 7.01. The van der Waals surface area contributed by atoms with Crippen LogP contribution in [-0.4, -0.2) is 46.0 Å². The molecular weight excluding hydrogens is 337 g/mol. The molecule has 2 aliphatic rings. The van der Waals surface area contributed by atoms with Crippen LogP contribution < -0.4 is 11.4 Å². The summed E-state index contributed by atoms with van der Waals surface area (Å²) >= 11 is 0. The van der Waals surface area contributed by atoms with Gasteiger partial charge in [0.1, 0.15) is 23.6 Å². The van der Waals surface area contributed by atoms with E-state index in [0.717, 1.165) is 0 Å². The van der Waals surface area contributed by atoms with Crippen LogP contribution in [0.4, 0.5) is 5.82 Å². The number of hydrogen-bond acceptors (Lipinski definition) is 8. The molecule has 2 bridgehead atoms. The molecule has 2 fully saturated rings. The van der Waals surface area contributed by atoms with Gasteiger partial charge in [-0.1, -0.05) is 6.92 Å². The number of ether oxygens (including phenoxy) is 2. The van der Waals surface area contributed by atoms with E-state index >= 15 is 0 Å². The Kier molecular flexibility index (Phi) is 4.92. The highest BCUT2D eigenvalue weighted by Gasteiger charge is 2.59. The highest BCUT2D eigenvalue weighted by Crippen LogP contribution is 2.51. The number of nitrogens with two attached hydrogens (primary N) is 1. The third-order valence-corrected chi connectivity index (χ3v) is 5.42. The summed E-state index contributed by atoms with van der Waals surface area (Å²) in [7, 11) is -0.675. The molecule has 0 aliphatic carbocycles. The summed E-state index contributed by atoms with van der Waals surface area (Å²) in [4.78, 5) is 25.9. The summed E-state index contributed by atoms with van der Waals surface area (Å²) in [5.41, 5.74) is 5.20. The molecule has 0 saturated carbocycles. The largest absolute Gasteiger partial charge is 0.383 e. The van der Waals surface area contributed by atoms with Gasteiger partial charge in [0.25, 0.3) is 0 Å². The number of hydrogen-bond donors (Lipinski definition) is 2. The van der Waals surface area contributed by atoms with Gasteiger partial charge >= 0.3 is 14.3 Å². The molecule has 0 radical (unpaired) electrons. The van der Waals surface area contributed by atoms with Crippen molar-refractivity contribution >= 4 is 14.4 Å². The minimum absolute atomic E-state index is 0.189. The second-order valence-electron chi connectivity index (χ2n) is 5.96. The van der Waals surface area contributed by atoms with E-state index < -0.39 is 38.3 Å². The van der Waals surface area contributed by atoms with E-state index in [1.165, 1.54) is 11.7 Å². The van der Waals surface area contributed by atoms with E-state index in [1.54, 1.807) is 13.1 Å². The van der Waals surface area contributed by atoms with Crippen molar-refractivity contribution in [2.45, 2.75) is 50.7 Å². The molecule has 9 nitrogen and oxygen atoms in total. The summed E-state index contributed by atoms with van der Waals surface area (Å²) in [6.07, 6.45) is 1.08. The number of fused-ring (bicyclic) bond motifs is 2. The summed E-state index contributed by atoms with van der Waals surface area (Å²) in [6, 6.07) is 0. The third kappa shape index (κ3) is 2.85. The van der Waals surface area contributed by atoms with E-state index in [9.17, 15) is 9.69 Å². The predicted molar refractivity (Wildman–Crippen MR) is 86.2 cm³/mol. The van der Waals surface area contributed by atoms with Crippen molar-refractivity contribution in [3.8, 4) is 0 Å². The van der Waals surface area contributed by atoms with Crippen molar-refractivity contribution in [3.63, 3.8) is 0 Å². The van der Waals surface area contributed by atoms with Gasteiger partial charge in [0.2, 0.25) is 0 Å². The van der Waals surface area contributed by atoms with Gasteiger partial charge in [0, 0.05) is 25.3 Å². The fourth-order valence-electron chi connectivity index (χ4n) is 3.30. The van der Waals surface area contributed by atoms with Crippen LogP contribution in [0.5, 0.6) is 0 Å². The Balaban J connectivity index is 1.99. The highest BCUT2D eigenvalue weighted by atomic mass is 31.2. The van der Waals surface area contributed by atoms with Gasteiger partial charge in [0.15, 0.2) is 6.23 Å². The molecule has 0 spiro atoms. The number of nitrogens with zero attached hydrogens (tertiary/aromatic N) is 2. The van der Waals surface area contributed by atoms with Crippen molar-refractivity contribution in [1.82, 2.24) is 9.55 Å². The minimum atomic E-state index is -2.04. The van der Waals surface area contributed by atoms with E-state index in [2.05, 4.69) is 4.98 Å². The predicted octanol–water partition coefficient (Wildman–Crippen LogP) is 0.851. The standard InChI is InChI=1S/C14H22N3O6P/c1-4-14-5-6-21-9(10(14)23-24(19)20-3)12(22-14)17-7-8(2)11(15)16-13(17)18/h7,9-10,12,19H,4-6H2,1-3H3,(H2,15,16,18)/t9-,10?,12+,14?,24?/m0/s1. The lowest BCUT2D eigenvalue weighted by Crippen LogP contribution is -2.49. The van der Waals surface area contributed by atoms with Crippen molar-refractivity contribution in [3.05, 3.63) is 22.2 Å². The molecule has 10 heteroatoms. The van der Waals surface area contributed by atoms with Crippen LogP contribution in [0.25, 0.3) is 0 Å². The molecule has 24 heavy (non-hydrogen) atoms. The van der Waals surface area contributed by atoms with Gasteiger partial charge in [-0.25, -0.2) is 4.79 Å². The molecule has 3 N–H and O–H groups in total. The molecule has 1 aromatic rings. The lowest BCUT2D eigenvalue weighted by molar-refractivity contribution is -0.116. The molecule has 0 amide bonds. The monoisotopic (exact) mass is 359 g/mol. The summed E-state index contributed by atoms with van der Waals surface area (Å²) < 4.78 is 23.9. The molecule has 2 aliphatic heterocycles. The summed E-state index contributed by atoms with van der Waals surface area (Å²) in [6.45, 7) is 4.23. The molecule has 3 heterocycles. The number of nitrogen functional groups attached to an aromatic ring is 1. The van der Waals surface area contributed by atoms with Crippen LogP contribution in [0.15, 0.2) is 11.0 Å². The summed E-state index contributed by atoms with van der Waals surface area (Å²) in [5.74, 6) is 0.189. The smallest absolute Gasteiger partial charge is 0.351 e. The zero-order chi connectivity index (χ0) is 17.5. The molecular formula is C14H22N3O6P. The number of anilines is 1. The molecule has 0 aromatic carbocycles. The molecule has 2 saturated heterocycles. The Labute approximate surface area is 140 Å². The average molecular weight is 359 g/mol. The van der Waals surface area contributed by atoms with Crippen LogP contribution in [0.3, 0.4) is 0 Å². The maximum absolute atomic E-state index is 12.3. The molecule has 5 atom stereocenters. The van der Waals surface area contributed by atoms with Crippen LogP contribution in [0.2, 0.25) is 0 Å². The minimum Gasteiger partial charge on any atom is -0.383 e. The lowest BCUT2D eigenvalue weighted by atomic mass is 9.87. The number of aryl methyl sites for hydroxylation is 1. The Hall–Kier alpha value is -1.09. The molecule has 1 aromatic heterocycles. The van der Waals surface area contributed by atoms with Crippen molar-refractivity contribution in [2.24, 2.45) is 0 Å². The van der Waals surface area contributed by atoms with Gasteiger partial charge in [-0.15, -0.1) is 0 Å². The van der Waals surface area contributed by atoms with Crippen molar-refractivity contribution in [2.75, 3.05) is 19.5 Å². The van der Waals surface area contributed by atoms with E-state index in [-0.39, 0.29) is 5.82 Å². The topological polar surface area (TPSA) is 118 Å². The molecule has 3 unspecified atom stereocenters. The first-order chi connectivity index (χ1) is 11.4. The van der Waals surface area contributed by atoms with Crippen LogP contribution >= 0.6 is 8.60 Å². The summed E-state index contributed by atoms with van der Waals surface area (Å²) in [5, 5.41) is 0. The first-order valence-electron chi connectivity index (χ1n) is 7.76. The van der Waals surface area contributed by atoms with Gasteiger partial charge in [-0.05, 0) is 13.3 Å².